The lowest BCUT2D eigenvalue weighted by molar-refractivity contribution is -0.121. The number of carbonyl (C=O) groups is 2. The van der Waals surface area contributed by atoms with E-state index in [2.05, 4.69) is 0 Å². The van der Waals surface area contributed by atoms with E-state index in [1.807, 2.05) is 6.08 Å². The lowest BCUT2D eigenvalue weighted by Gasteiger charge is -2.30. The predicted octanol–water partition coefficient (Wildman–Crippen LogP) is 2.02. The molecule has 0 spiro atoms. The minimum Gasteiger partial charge on any atom is -0.504 e. The van der Waals surface area contributed by atoms with Crippen LogP contribution in [0.15, 0.2) is 36.4 Å². The molecule has 1 saturated carbocycles. The summed E-state index contributed by atoms with van der Waals surface area (Å²) in [4.78, 5) is 24.0. The summed E-state index contributed by atoms with van der Waals surface area (Å²) in [7, 11) is -1.65. The second-order valence-electron chi connectivity index (χ2n) is 7.10. The van der Waals surface area contributed by atoms with E-state index in [1.165, 1.54) is 25.3 Å². The van der Waals surface area contributed by atoms with E-state index in [-0.39, 0.29) is 35.8 Å². The highest BCUT2D eigenvalue weighted by atomic mass is 32.3. The summed E-state index contributed by atoms with van der Waals surface area (Å²) < 4.78 is 41.8. The molecule has 178 valence electrons. The third kappa shape index (κ3) is 11.2. The third-order valence-corrected chi connectivity index (χ3v) is 4.67. The summed E-state index contributed by atoms with van der Waals surface area (Å²) in [6, 6.07) is 4.73. The second kappa shape index (κ2) is 13.1. The van der Waals surface area contributed by atoms with Crippen LogP contribution in [0.25, 0.3) is 6.08 Å². The van der Waals surface area contributed by atoms with Crippen LogP contribution in [0, 0.1) is 5.92 Å². The first-order valence-corrected chi connectivity index (χ1v) is 11.0. The lowest BCUT2D eigenvalue weighted by atomic mass is 9.85. The van der Waals surface area contributed by atoms with Gasteiger partial charge in [-0.1, -0.05) is 18.2 Å². The zero-order chi connectivity index (χ0) is 24.3. The molecule has 1 aromatic rings. The van der Waals surface area contributed by atoms with E-state index >= 15 is 0 Å². The van der Waals surface area contributed by atoms with Crippen molar-refractivity contribution in [2.45, 2.75) is 37.9 Å². The molecule has 0 amide bonds. The van der Waals surface area contributed by atoms with Crippen molar-refractivity contribution < 1.29 is 46.8 Å². The van der Waals surface area contributed by atoms with Gasteiger partial charge >= 0.3 is 10.4 Å². The van der Waals surface area contributed by atoms with E-state index in [0.717, 1.165) is 6.42 Å². The molecule has 10 nitrogen and oxygen atoms in total. The van der Waals surface area contributed by atoms with Crippen LogP contribution in [0.5, 0.6) is 11.5 Å². The fraction of sp³-hybridized carbons (Fsp3) is 0.429. The van der Waals surface area contributed by atoms with Crippen molar-refractivity contribution in [2.75, 3.05) is 14.2 Å². The zero-order valence-electron chi connectivity index (χ0n) is 17.7. The van der Waals surface area contributed by atoms with Crippen LogP contribution in [0.3, 0.4) is 0 Å². The summed E-state index contributed by atoms with van der Waals surface area (Å²) >= 11 is 0. The molecule has 1 aliphatic rings. The summed E-state index contributed by atoms with van der Waals surface area (Å²) in [5.41, 5.74) is 0.687. The standard InChI is InChI=1S/C21H26O6.H2O4S/c1-26-20-11-14(5-9-18(20)24)3-7-16(22)13-17(23)8-4-15-6-10-19(25)21(12-15)27-2;1-5(2,3)4/h3-5,7-9,11,15,19,21,24-25H,6,10,12-13H2,1-2H3;(H2,1,2,3,4)/b7-3+,8-4+;. The van der Waals surface area contributed by atoms with Crippen molar-refractivity contribution in [1.29, 1.82) is 0 Å². The summed E-state index contributed by atoms with van der Waals surface area (Å²) in [5, 5.41) is 19.3. The molecule has 0 saturated heterocycles. The molecule has 0 aliphatic heterocycles. The minimum absolute atomic E-state index is 0.0206. The van der Waals surface area contributed by atoms with Crippen LogP contribution >= 0.6 is 0 Å². The van der Waals surface area contributed by atoms with Gasteiger partial charge in [0.05, 0.1) is 25.7 Å². The van der Waals surface area contributed by atoms with Gasteiger partial charge in [0.25, 0.3) is 0 Å². The Morgan fingerprint density at radius 3 is 2.34 bits per heavy atom. The fourth-order valence-electron chi connectivity index (χ4n) is 3.09. The fourth-order valence-corrected chi connectivity index (χ4v) is 3.09. The van der Waals surface area contributed by atoms with Crippen LogP contribution in [0.4, 0.5) is 0 Å². The number of rotatable bonds is 8. The molecule has 2 rings (SSSR count). The molecule has 3 unspecified atom stereocenters. The number of hydrogen-bond acceptors (Lipinski definition) is 8. The zero-order valence-corrected chi connectivity index (χ0v) is 18.6. The molecule has 4 N–H and O–H groups in total. The Morgan fingerprint density at radius 1 is 1.12 bits per heavy atom. The highest BCUT2D eigenvalue weighted by Crippen LogP contribution is 2.28. The smallest absolute Gasteiger partial charge is 0.394 e. The number of allylic oxidation sites excluding steroid dienone is 3. The Kier molecular flexibility index (Phi) is 11.2. The predicted molar refractivity (Wildman–Crippen MR) is 116 cm³/mol. The Labute approximate surface area is 186 Å². The van der Waals surface area contributed by atoms with Gasteiger partial charge in [0.2, 0.25) is 0 Å². The maximum atomic E-state index is 12.0. The van der Waals surface area contributed by atoms with Crippen LogP contribution in [-0.4, -0.2) is 65.7 Å². The van der Waals surface area contributed by atoms with Crippen LogP contribution in [0.1, 0.15) is 31.2 Å². The van der Waals surface area contributed by atoms with E-state index in [4.69, 9.17) is 27.0 Å². The largest absolute Gasteiger partial charge is 0.504 e. The average Bonchev–Trinajstić information content (AvgIpc) is 2.71. The van der Waals surface area contributed by atoms with E-state index < -0.39 is 16.5 Å². The number of aromatic hydroxyl groups is 1. The number of phenols is 1. The molecule has 0 radical (unpaired) electrons. The third-order valence-electron chi connectivity index (χ3n) is 4.67. The van der Waals surface area contributed by atoms with Gasteiger partial charge in [-0.15, -0.1) is 0 Å². The molecule has 1 fully saturated rings. The highest BCUT2D eigenvalue weighted by Gasteiger charge is 2.27. The van der Waals surface area contributed by atoms with E-state index in [1.54, 1.807) is 25.3 Å². The van der Waals surface area contributed by atoms with Gasteiger partial charge < -0.3 is 19.7 Å². The monoisotopic (exact) mass is 472 g/mol. The van der Waals surface area contributed by atoms with Crippen LogP contribution in [0.2, 0.25) is 0 Å². The molecule has 1 aliphatic carbocycles. The van der Waals surface area contributed by atoms with Crippen LogP contribution < -0.4 is 4.74 Å². The maximum Gasteiger partial charge on any atom is 0.394 e. The Morgan fingerprint density at radius 2 is 1.75 bits per heavy atom. The van der Waals surface area contributed by atoms with Gasteiger partial charge in [-0.3, -0.25) is 18.7 Å². The van der Waals surface area contributed by atoms with Gasteiger partial charge in [-0.2, -0.15) is 8.42 Å². The van der Waals surface area contributed by atoms with Crippen molar-refractivity contribution in [3.63, 3.8) is 0 Å². The number of ether oxygens (including phenoxy) is 2. The van der Waals surface area contributed by atoms with Crippen molar-refractivity contribution in [1.82, 2.24) is 0 Å². The number of ketones is 2. The number of carbonyl (C=O) groups excluding carboxylic acids is 2. The summed E-state index contributed by atoms with van der Waals surface area (Å²) in [6.07, 6.45) is 7.40. The Balaban J connectivity index is 0.000000920. The molecule has 3 atom stereocenters. The topological polar surface area (TPSA) is 168 Å². The maximum absolute atomic E-state index is 12.0. The Bertz CT molecular complexity index is 928. The van der Waals surface area contributed by atoms with E-state index in [9.17, 15) is 19.8 Å². The number of methoxy groups -OCH3 is 2. The number of aliphatic hydroxyl groups is 1. The molecule has 32 heavy (non-hydrogen) atoms. The van der Waals surface area contributed by atoms with Gasteiger partial charge in [0.1, 0.15) is 0 Å². The van der Waals surface area contributed by atoms with Gasteiger partial charge in [0, 0.05) is 7.11 Å². The van der Waals surface area contributed by atoms with Gasteiger partial charge in [0.15, 0.2) is 23.1 Å². The number of aliphatic hydroxyl groups excluding tert-OH is 1. The van der Waals surface area contributed by atoms with Crippen molar-refractivity contribution in [2.24, 2.45) is 5.92 Å². The average molecular weight is 473 g/mol. The highest BCUT2D eigenvalue weighted by molar-refractivity contribution is 7.79. The van der Waals surface area contributed by atoms with Crippen molar-refractivity contribution in [3.8, 4) is 11.5 Å². The lowest BCUT2D eigenvalue weighted by Crippen LogP contribution is -2.34. The first kappa shape index (κ1) is 27.5. The molecular formula is C21H28O10S. The first-order valence-electron chi connectivity index (χ1n) is 9.62. The normalized spacial score (nSPS) is 21.2. The summed E-state index contributed by atoms with van der Waals surface area (Å²) in [5.74, 6) is -0.0567. The van der Waals surface area contributed by atoms with Gasteiger partial charge in [-0.05, 0) is 55.0 Å². The molecule has 0 bridgehead atoms. The first-order chi connectivity index (χ1) is 14.9. The quantitative estimate of drug-likeness (QED) is 0.249. The molecule has 11 heteroatoms. The number of phenolic OH excluding ortho intramolecular Hbond substituents is 1. The molecule has 0 heterocycles. The van der Waals surface area contributed by atoms with Crippen LogP contribution in [-0.2, 0) is 24.7 Å². The SMILES string of the molecule is COc1cc(/C=C/C(=O)CC(=O)/C=C/C2CCC(O)C(OC)C2)ccc1O.O=S(=O)(O)O. The van der Waals surface area contributed by atoms with Crippen molar-refractivity contribution in [3.05, 3.63) is 42.0 Å². The van der Waals surface area contributed by atoms with Crippen molar-refractivity contribution >= 4 is 28.0 Å². The minimum atomic E-state index is -4.67. The number of benzene rings is 1. The molecule has 0 aromatic heterocycles. The van der Waals surface area contributed by atoms with Gasteiger partial charge in [-0.25, -0.2) is 0 Å². The second-order valence-corrected chi connectivity index (χ2v) is 7.99. The van der Waals surface area contributed by atoms with E-state index in [0.29, 0.717) is 24.2 Å². The summed E-state index contributed by atoms with van der Waals surface area (Å²) in [6.45, 7) is 0. The molecule has 1 aromatic carbocycles. The Hall–Kier alpha value is -2.57. The number of hydrogen-bond donors (Lipinski definition) is 4. The molecular weight excluding hydrogens is 444 g/mol.